The van der Waals surface area contributed by atoms with Gasteiger partial charge >= 0.3 is 0 Å². The molecule has 168 valence electrons. The highest BCUT2D eigenvalue weighted by atomic mass is 79.9. The Morgan fingerprint density at radius 1 is 1.12 bits per heavy atom. The van der Waals surface area contributed by atoms with Gasteiger partial charge in [-0.05, 0) is 47.4 Å². The first-order valence-electron chi connectivity index (χ1n) is 10.2. The number of hydrogen-bond donors (Lipinski definition) is 0. The van der Waals surface area contributed by atoms with Crippen molar-refractivity contribution in [1.82, 2.24) is 4.90 Å². The summed E-state index contributed by atoms with van der Waals surface area (Å²) >= 11 is 10.1. The molecule has 0 N–H and O–H groups in total. The fourth-order valence-corrected chi connectivity index (χ4v) is 4.70. The molecule has 2 aromatic carbocycles. The van der Waals surface area contributed by atoms with E-state index < -0.39 is 0 Å². The van der Waals surface area contributed by atoms with Crippen molar-refractivity contribution in [2.75, 3.05) is 19.8 Å². The highest BCUT2D eigenvalue weighted by molar-refractivity contribution is 9.10. The maximum atomic E-state index is 12.6. The molecule has 3 rings (SSSR count). The second kappa shape index (κ2) is 10.7. The highest BCUT2D eigenvalue weighted by Crippen LogP contribution is 2.35. The van der Waals surface area contributed by atoms with Crippen molar-refractivity contribution in [3.8, 4) is 11.5 Å². The van der Waals surface area contributed by atoms with E-state index in [0.29, 0.717) is 34.7 Å². The van der Waals surface area contributed by atoms with Crippen LogP contribution in [0.2, 0.25) is 0 Å². The summed E-state index contributed by atoms with van der Waals surface area (Å²) in [6.07, 6.45) is 3.48. The van der Waals surface area contributed by atoms with Gasteiger partial charge in [0.15, 0.2) is 0 Å². The predicted molar refractivity (Wildman–Crippen MR) is 140 cm³/mol. The van der Waals surface area contributed by atoms with Crippen molar-refractivity contribution in [2.45, 2.75) is 26.2 Å². The Morgan fingerprint density at radius 3 is 2.47 bits per heavy atom. The van der Waals surface area contributed by atoms with E-state index >= 15 is 0 Å². The van der Waals surface area contributed by atoms with Crippen LogP contribution in [0.25, 0.3) is 6.08 Å². The number of amides is 1. The third kappa shape index (κ3) is 6.24. The van der Waals surface area contributed by atoms with Gasteiger partial charge in [-0.1, -0.05) is 78.9 Å². The Kier molecular flexibility index (Phi) is 8.20. The number of hydrogen-bond acceptors (Lipinski definition) is 5. The van der Waals surface area contributed by atoms with Gasteiger partial charge in [0.25, 0.3) is 5.91 Å². The Morgan fingerprint density at radius 2 is 1.81 bits per heavy atom. The van der Waals surface area contributed by atoms with Crippen LogP contribution in [0, 0.1) is 0 Å². The van der Waals surface area contributed by atoms with E-state index in [1.807, 2.05) is 36.4 Å². The number of carbonyl (C=O) groups is 1. The maximum absolute atomic E-state index is 12.6. The van der Waals surface area contributed by atoms with Gasteiger partial charge in [0, 0.05) is 16.6 Å². The van der Waals surface area contributed by atoms with Crippen molar-refractivity contribution in [2.24, 2.45) is 0 Å². The first-order valence-corrected chi connectivity index (χ1v) is 12.2. The van der Waals surface area contributed by atoms with Crippen molar-refractivity contribution in [3.05, 3.63) is 75.6 Å². The van der Waals surface area contributed by atoms with Gasteiger partial charge in [0.1, 0.15) is 29.0 Å². The van der Waals surface area contributed by atoms with Crippen LogP contribution in [0.5, 0.6) is 11.5 Å². The van der Waals surface area contributed by atoms with Gasteiger partial charge in [0.05, 0.1) is 4.91 Å². The molecule has 32 heavy (non-hydrogen) atoms. The lowest BCUT2D eigenvalue weighted by molar-refractivity contribution is -0.121. The second-order valence-electron chi connectivity index (χ2n) is 8.23. The molecule has 7 heteroatoms. The average Bonchev–Trinajstić information content (AvgIpc) is 3.00. The fourth-order valence-electron chi connectivity index (χ4n) is 3.05. The molecule has 1 aliphatic heterocycles. The van der Waals surface area contributed by atoms with Gasteiger partial charge in [-0.3, -0.25) is 9.69 Å². The van der Waals surface area contributed by atoms with Gasteiger partial charge in [-0.2, -0.15) is 0 Å². The molecule has 0 unspecified atom stereocenters. The lowest BCUT2D eigenvalue weighted by Gasteiger charge is -2.19. The number of benzene rings is 2. The summed E-state index contributed by atoms with van der Waals surface area (Å²) in [5.74, 6) is 1.37. The maximum Gasteiger partial charge on any atom is 0.266 e. The molecule has 1 saturated heterocycles. The van der Waals surface area contributed by atoms with Crippen LogP contribution in [0.1, 0.15) is 31.9 Å². The van der Waals surface area contributed by atoms with Crippen LogP contribution < -0.4 is 9.47 Å². The Hall–Kier alpha value is -2.09. The third-order valence-electron chi connectivity index (χ3n) is 4.77. The molecule has 0 radical (unpaired) electrons. The van der Waals surface area contributed by atoms with Gasteiger partial charge in [0.2, 0.25) is 0 Å². The Labute approximate surface area is 207 Å². The highest BCUT2D eigenvalue weighted by Gasteiger charge is 2.31. The van der Waals surface area contributed by atoms with Crippen LogP contribution in [-0.4, -0.2) is 34.9 Å². The normalized spacial score (nSPS) is 15.4. The number of ether oxygens (including phenoxy) is 2. The number of thioether (sulfide) groups is 1. The molecule has 0 atom stereocenters. The molecule has 2 aromatic rings. The number of carbonyl (C=O) groups excluding carboxylic acids is 1. The van der Waals surface area contributed by atoms with E-state index in [1.165, 1.54) is 22.2 Å². The molecule has 0 aromatic heterocycles. The van der Waals surface area contributed by atoms with E-state index in [4.69, 9.17) is 21.7 Å². The zero-order chi connectivity index (χ0) is 23.3. The lowest BCUT2D eigenvalue weighted by atomic mass is 9.87. The summed E-state index contributed by atoms with van der Waals surface area (Å²) in [5.41, 5.74) is 2.17. The molecule has 1 amide bonds. The van der Waals surface area contributed by atoms with E-state index in [0.717, 1.165) is 15.8 Å². The van der Waals surface area contributed by atoms with Gasteiger partial charge in [-0.25, -0.2) is 0 Å². The minimum absolute atomic E-state index is 0.111. The van der Waals surface area contributed by atoms with Crippen LogP contribution in [0.3, 0.4) is 0 Å². The molecule has 0 saturated carbocycles. The quantitative estimate of drug-likeness (QED) is 0.166. The zero-order valence-electron chi connectivity index (χ0n) is 18.4. The number of halogens is 1. The van der Waals surface area contributed by atoms with E-state index in [9.17, 15) is 4.79 Å². The molecular formula is C25H26BrNO3S2. The van der Waals surface area contributed by atoms with Gasteiger partial charge < -0.3 is 9.47 Å². The minimum Gasteiger partial charge on any atom is -0.490 e. The van der Waals surface area contributed by atoms with Crippen LogP contribution in [0.4, 0.5) is 0 Å². The van der Waals surface area contributed by atoms with Crippen molar-refractivity contribution in [3.63, 3.8) is 0 Å². The van der Waals surface area contributed by atoms with Crippen molar-refractivity contribution >= 4 is 56.2 Å². The van der Waals surface area contributed by atoms with Crippen molar-refractivity contribution < 1.29 is 14.3 Å². The summed E-state index contributed by atoms with van der Waals surface area (Å²) < 4.78 is 13.2. The first-order chi connectivity index (χ1) is 15.2. The topological polar surface area (TPSA) is 38.8 Å². The third-order valence-corrected chi connectivity index (χ3v) is 6.64. The molecule has 4 nitrogen and oxygen atoms in total. The summed E-state index contributed by atoms with van der Waals surface area (Å²) in [6.45, 7) is 11.4. The molecule has 0 aliphatic carbocycles. The largest absolute Gasteiger partial charge is 0.490 e. The number of rotatable bonds is 8. The summed E-state index contributed by atoms with van der Waals surface area (Å²) in [4.78, 5) is 14.7. The van der Waals surface area contributed by atoms with Crippen LogP contribution in [-0.2, 0) is 10.2 Å². The minimum atomic E-state index is -0.118. The smallest absolute Gasteiger partial charge is 0.266 e. The Balaban J connectivity index is 1.64. The second-order valence-corrected chi connectivity index (χ2v) is 10.8. The number of nitrogens with zero attached hydrogens (tertiary/aromatic N) is 1. The van der Waals surface area contributed by atoms with Crippen molar-refractivity contribution in [1.29, 1.82) is 0 Å². The van der Waals surface area contributed by atoms with E-state index in [1.54, 1.807) is 6.08 Å². The molecule has 0 bridgehead atoms. The molecule has 1 fully saturated rings. The monoisotopic (exact) mass is 531 g/mol. The van der Waals surface area contributed by atoms with Crippen LogP contribution in [0.15, 0.2) is 64.5 Å². The SMILES string of the molecule is C=CCN1C(=O)/C(=C/c2cc(Br)ccc2OCCOc2ccc(C(C)(C)C)cc2)SC1=S. The number of thiocarbonyl (C=S) groups is 1. The lowest BCUT2D eigenvalue weighted by Crippen LogP contribution is -2.27. The fraction of sp³-hybridized carbons (Fsp3) is 0.280. The molecular weight excluding hydrogens is 506 g/mol. The summed E-state index contributed by atoms with van der Waals surface area (Å²) in [5, 5.41) is 0. The average molecular weight is 533 g/mol. The van der Waals surface area contributed by atoms with Crippen LogP contribution >= 0.6 is 39.9 Å². The van der Waals surface area contributed by atoms with E-state index in [-0.39, 0.29) is 11.3 Å². The molecule has 1 heterocycles. The van der Waals surface area contributed by atoms with E-state index in [2.05, 4.69) is 55.4 Å². The zero-order valence-corrected chi connectivity index (χ0v) is 21.6. The molecule has 1 aliphatic rings. The predicted octanol–water partition coefficient (Wildman–Crippen LogP) is 6.59. The van der Waals surface area contributed by atoms with Gasteiger partial charge in [-0.15, -0.1) is 6.58 Å². The first kappa shape index (κ1) is 24.6. The standard InChI is InChI=1S/C25H26BrNO3S2/c1-5-12-27-23(28)22(32-24(27)31)16-17-15-19(26)8-11-21(17)30-14-13-29-20-9-6-18(7-10-20)25(2,3)4/h5-11,15-16H,1,12-14H2,2-4H3/b22-16-. The summed E-state index contributed by atoms with van der Waals surface area (Å²) in [7, 11) is 0. The Bertz CT molecular complexity index is 1040. The molecule has 0 spiro atoms. The summed E-state index contributed by atoms with van der Waals surface area (Å²) in [6, 6.07) is 13.8.